The molecule has 2 aromatic rings. The lowest BCUT2D eigenvalue weighted by molar-refractivity contribution is 0.397. The first-order chi connectivity index (χ1) is 9.21. The molecule has 8 nitrogen and oxygen atoms in total. The fraction of sp³-hybridized carbons (Fsp3) is 0.182. The number of aromatic nitrogens is 3. The highest BCUT2D eigenvalue weighted by atomic mass is 16.5. The molecule has 8 heteroatoms. The lowest BCUT2D eigenvalue weighted by Crippen LogP contribution is -2.12. The summed E-state index contributed by atoms with van der Waals surface area (Å²) in [5.74, 6) is 7.02. The summed E-state index contributed by atoms with van der Waals surface area (Å²) < 4.78 is 5.05. The molecule has 0 aliphatic carbocycles. The van der Waals surface area contributed by atoms with Gasteiger partial charge in [-0.05, 0) is 11.6 Å². The van der Waals surface area contributed by atoms with Gasteiger partial charge in [-0.2, -0.15) is 9.97 Å². The van der Waals surface area contributed by atoms with Crippen molar-refractivity contribution in [2.75, 3.05) is 23.6 Å². The highest BCUT2D eigenvalue weighted by molar-refractivity contribution is 5.50. The van der Waals surface area contributed by atoms with E-state index in [0.717, 1.165) is 5.56 Å². The number of nitrogen functional groups attached to an aromatic ring is 2. The van der Waals surface area contributed by atoms with Gasteiger partial charge in [-0.25, -0.2) is 10.8 Å². The first-order valence-corrected chi connectivity index (χ1v) is 5.55. The van der Waals surface area contributed by atoms with E-state index in [1.807, 2.05) is 12.1 Å². The van der Waals surface area contributed by atoms with Gasteiger partial charge in [0.2, 0.25) is 11.8 Å². The normalized spacial score (nSPS) is 10.0. The molecule has 0 aliphatic heterocycles. The van der Waals surface area contributed by atoms with Crippen LogP contribution in [0.25, 0.3) is 0 Å². The summed E-state index contributed by atoms with van der Waals surface area (Å²) in [7, 11) is 1.57. The molecular formula is C11H15N7O. The molecule has 0 atom stereocenters. The van der Waals surface area contributed by atoms with E-state index in [4.69, 9.17) is 16.3 Å². The number of methoxy groups -OCH3 is 1. The Morgan fingerprint density at radius 2 is 2.05 bits per heavy atom. The Hall–Kier alpha value is -2.61. The minimum Gasteiger partial charge on any atom is -0.481 e. The molecule has 6 N–H and O–H groups in total. The average Bonchev–Trinajstić information content (AvgIpc) is 2.44. The lowest BCUT2D eigenvalue weighted by atomic mass is 10.2. The van der Waals surface area contributed by atoms with Crippen LogP contribution in [-0.4, -0.2) is 22.1 Å². The van der Waals surface area contributed by atoms with Crippen LogP contribution in [0.5, 0.6) is 5.88 Å². The summed E-state index contributed by atoms with van der Waals surface area (Å²) >= 11 is 0. The summed E-state index contributed by atoms with van der Waals surface area (Å²) in [6, 6.07) is 5.37. The second kappa shape index (κ2) is 5.83. The van der Waals surface area contributed by atoms with Gasteiger partial charge in [-0.1, -0.05) is 0 Å². The van der Waals surface area contributed by atoms with E-state index in [1.165, 1.54) is 0 Å². The molecule has 0 aromatic carbocycles. The van der Waals surface area contributed by atoms with E-state index in [-0.39, 0.29) is 5.95 Å². The van der Waals surface area contributed by atoms with E-state index in [0.29, 0.717) is 24.1 Å². The molecular weight excluding hydrogens is 246 g/mol. The SMILES string of the molecule is COc1cc(CNc2cc(NN)nc(N)n2)ccn1. The zero-order chi connectivity index (χ0) is 13.7. The molecule has 0 fully saturated rings. The van der Waals surface area contributed by atoms with Crippen molar-refractivity contribution >= 4 is 17.6 Å². The third kappa shape index (κ3) is 3.42. The molecule has 2 heterocycles. The van der Waals surface area contributed by atoms with Crippen molar-refractivity contribution in [3.05, 3.63) is 30.0 Å². The molecule has 100 valence electrons. The largest absolute Gasteiger partial charge is 0.481 e. The van der Waals surface area contributed by atoms with E-state index in [2.05, 4.69) is 25.7 Å². The highest BCUT2D eigenvalue weighted by Crippen LogP contribution is 2.14. The zero-order valence-electron chi connectivity index (χ0n) is 10.4. The Balaban J connectivity index is 2.07. The topological polar surface area (TPSA) is 124 Å². The number of nitrogens with zero attached hydrogens (tertiary/aromatic N) is 3. The van der Waals surface area contributed by atoms with Crippen molar-refractivity contribution in [2.24, 2.45) is 5.84 Å². The fourth-order valence-electron chi connectivity index (χ4n) is 1.50. The number of pyridine rings is 1. The van der Waals surface area contributed by atoms with Crippen LogP contribution in [0.15, 0.2) is 24.4 Å². The van der Waals surface area contributed by atoms with Gasteiger partial charge in [-0.3, -0.25) is 0 Å². The van der Waals surface area contributed by atoms with Gasteiger partial charge < -0.3 is 21.2 Å². The summed E-state index contributed by atoms with van der Waals surface area (Å²) in [5.41, 5.74) is 8.99. The molecule has 0 radical (unpaired) electrons. The van der Waals surface area contributed by atoms with Gasteiger partial charge in [0.1, 0.15) is 11.6 Å². The van der Waals surface area contributed by atoms with E-state index in [1.54, 1.807) is 19.4 Å². The third-order valence-electron chi connectivity index (χ3n) is 2.37. The summed E-state index contributed by atoms with van der Waals surface area (Å²) in [4.78, 5) is 12.0. The molecule has 0 saturated heterocycles. The Morgan fingerprint density at radius 1 is 1.26 bits per heavy atom. The van der Waals surface area contributed by atoms with Gasteiger partial charge >= 0.3 is 0 Å². The molecule has 0 amide bonds. The van der Waals surface area contributed by atoms with Crippen LogP contribution >= 0.6 is 0 Å². The highest BCUT2D eigenvalue weighted by Gasteiger charge is 2.02. The van der Waals surface area contributed by atoms with Crippen molar-refractivity contribution in [2.45, 2.75) is 6.54 Å². The maximum absolute atomic E-state index is 5.56. The predicted octanol–water partition coefficient (Wildman–Crippen LogP) is 0.360. The number of hydrogen-bond donors (Lipinski definition) is 4. The number of ether oxygens (including phenoxy) is 1. The van der Waals surface area contributed by atoms with Gasteiger partial charge in [0.25, 0.3) is 0 Å². The average molecular weight is 261 g/mol. The van der Waals surface area contributed by atoms with Crippen molar-refractivity contribution in [1.29, 1.82) is 0 Å². The smallest absolute Gasteiger partial charge is 0.223 e. The lowest BCUT2D eigenvalue weighted by Gasteiger charge is -2.08. The number of hydrogen-bond acceptors (Lipinski definition) is 8. The van der Waals surface area contributed by atoms with Crippen LogP contribution in [0.4, 0.5) is 17.6 Å². The number of nitrogens with one attached hydrogen (secondary N) is 2. The minimum atomic E-state index is 0.144. The Labute approximate surface area is 110 Å². The Morgan fingerprint density at radius 3 is 2.79 bits per heavy atom. The first kappa shape index (κ1) is 12.8. The molecule has 0 spiro atoms. The molecule has 0 aliphatic rings. The molecule has 19 heavy (non-hydrogen) atoms. The minimum absolute atomic E-state index is 0.144. The summed E-state index contributed by atoms with van der Waals surface area (Å²) in [6.07, 6.45) is 1.68. The maximum atomic E-state index is 5.56. The number of hydrazine groups is 1. The van der Waals surface area contributed by atoms with Gasteiger partial charge in [0.05, 0.1) is 7.11 Å². The molecule has 0 saturated carbocycles. The summed E-state index contributed by atoms with van der Waals surface area (Å²) in [6.45, 7) is 0.555. The fourth-order valence-corrected chi connectivity index (χ4v) is 1.50. The summed E-state index contributed by atoms with van der Waals surface area (Å²) in [5, 5.41) is 3.12. The van der Waals surface area contributed by atoms with Crippen molar-refractivity contribution in [3.8, 4) is 5.88 Å². The predicted molar refractivity (Wildman–Crippen MR) is 72.4 cm³/mol. The van der Waals surface area contributed by atoms with Gasteiger partial charge in [-0.15, -0.1) is 0 Å². The molecule has 2 rings (SSSR count). The maximum Gasteiger partial charge on any atom is 0.223 e. The number of rotatable bonds is 5. The van der Waals surface area contributed by atoms with Crippen LogP contribution < -0.4 is 27.1 Å². The second-order valence-corrected chi connectivity index (χ2v) is 3.70. The van der Waals surface area contributed by atoms with Crippen molar-refractivity contribution < 1.29 is 4.74 Å². The standard InChI is InChI=1S/C11H15N7O/c1-19-10-4-7(2-3-14-10)6-15-8-5-9(18-13)17-11(12)16-8/h2-5H,6,13H2,1H3,(H4,12,15,16,17,18). The van der Waals surface area contributed by atoms with E-state index < -0.39 is 0 Å². The van der Waals surface area contributed by atoms with Crippen LogP contribution in [0, 0.1) is 0 Å². The Bertz CT molecular complexity index is 560. The number of nitrogens with two attached hydrogens (primary N) is 2. The van der Waals surface area contributed by atoms with E-state index >= 15 is 0 Å². The zero-order valence-corrected chi connectivity index (χ0v) is 10.4. The van der Waals surface area contributed by atoms with Crippen LogP contribution in [0.1, 0.15) is 5.56 Å². The van der Waals surface area contributed by atoms with Crippen LogP contribution in [0.3, 0.4) is 0 Å². The van der Waals surface area contributed by atoms with Gasteiger partial charge in [0, 0.05) is 24.9 Å². The van der Waals surface area contributed by atoms with Crippen LogP contribution in [0.2, 0.25) is 0 Å². The quantitative estimate of drug-likeness (QED) is 0.449. The van der Waals surface area contributed by atoms with Gasteiger partial charge in [0.15, 0.2) is 0 Å². The number of anilines is 3. The monoisotopic (exact) mass is 261 g/mol. The third-order valence-corrected chi connectivity index (χ3v) is 2.37. The molecule has 0 bridgehead atoms. The Kier molecular flexibility index (Phi) is 3.94. The first-order valence-electron chi connectivity index (χ1n) is 5.55. The molecule has 2 aromatic heterocycles. The van der Waals surface area contributed by atoms with Crippen LogP contribution in [-0.2, 0) is 6.54 Å². The van der Waals surface area contributed by atoms with Crippen molar-refractivity contribution in [1.82, 2.24) is 15.0 Å². The van der Waals surface area contributed by atoms with E-state index in [9.17, 15) is 0 Å². The van der Waals surface area contributed by atoms with Crippen molar-refractivity contribution in [3.63, 3.8) is 0 Å². The second-order valence-electron chi connectivity index (χ2n) is 3.70. The molecule has 0 unspecified atom stereocenters.